The van der Waals surface area contributed by atoms with Crippen LogP contribution in [0.2, 0.25) is 0 Å². The van der Waals surface area contributed by atoms with Gasteiger partial charge in [0.05, 0.1) is 5.69 Å². The molecule has 1 nitrogen and oxygen atoms in total. The Balaban J connectivity index is 1.59. The SMILES string of the molecule is Cc1sc2cccc3c2c1-c1cccc2c1B3c1cccc3c1N2c1ccccc1C3(C)C. The lowest BCUT2D eigenvalue weighted by molar-refractivity contribution is 0.632. The molecule has 0 saturated carbocycles. The van der Waals surface area contributed by atoms with Crippen LogP contribution in [0.5, 0.6) is 0 Å². The van der Waals surface area contributed by atoms with Crippen molar-refractivity contribution < 1.29 is 0 Å². The van der Waals surface area contributed by atoms with Crippen LogP contribution in [0.1, 0.15) is 29.9 Å². The van der Waals surface area contributed by atoms with Crippen molar-refractivity contribution in [3.8, 4) is 11.1 Å². The molecule has 1 aromatic heterocycles. The monoisotopic (exact) mass is 439 g/mol. The Labute approximate surface area is 198 Å². The number of hydrogen-bond donors (Lipinski definition) is 0. The van der Waals surface area contributed by atoms with Crippen LogP contribution in [0.25, 0.3) is 21.2 Å². The lowest BCUT2D eigenvalue weighted by atomic mass is 9.32. The number of hydrogen-bond acceptors (Lipinski definition) is 2. The van der Waals surface area contributed by atoms with E-state index in [4.69, 9.17) is 0 Å². The Kier molecular flexibility index (Phi) is 3.19. The Morgan fingerprint density at radius 1 is 0.758 bits per heavy atom. The maximum Gasteiger partial charge on any atom is 0.248 e. The van der Waals surface area contributed by atoms with Gasteiger partial charge in [0.15, 0.2) is 0 Å². The molecule has 33 heavy (non-hydrogen) atoms. The number of para-hydroxylation sites is 2. The first-order chi connectivity index (χ1) is 16.1. The predicted molar refractivity (Wildman–Crippen MR) is 143 cm³/mol. The first kappa shape index (κ1) is 18.2. The molecule has 0 spiro atoms. The molecule has 4 heterocycles. The van der Waals surface area contributed by atoms with Gasteiger partial charge >= 0.3 is 0 Å². The highest BCUT2D eigenvalue weighted by Gasteiger charge is 2.46. The number of nitrogens with zero attached hydrogens (tertiary/aromatic N) is 1. The van der Waals surface area contributed by atoms with Crippen LogP contribution >= 0.6 is 11.3 Å². The number of aryl methyl sites for hydroxylation is 1. The van der Waals surface area contributed by atoms with Crippen LogP contribution in [-0.4, -0.2) is 6.71 Å². The maximum atomic E-state index is 2.56. The molecule has 3 aliphatic heterocycles. The highest BCUT2D eigenvalue weighted by Crippen LogP contribution is 2.53. The average molecular weight is 439 g/mol. The maximum absolute atomic E-state index is 2.56. The number of anilines is 3. The molecule has 0 saturated heterocycles. The van der Waals surface area contributed by atoms with Gasteiger partial charge in [0.25, 0.3) is 0 Å². The van der Waals surface area contributed by atoms with Crippen molar-refractivity contribution >= 4 is 61.6 Å². The molecule has 0 radical (unpaired) electrons. The van der Waals surface area contributed by atoms with Crippen LogP contribution in [-0.2, 0) is 5.41 Å². The topological polar surface area (TPSA) is 3.24 Å². The molecule has 4 aromatic carbocycles. The largest absolute Gasteiger partial charge is 0.311 e. The van der Waals surface area contributed by atoms with Crippen molar-refractivity contribution in [3.63, 3.8) is 0 Å². The van der Waals surface area contributed by atoms with E-state index in [1.807, 2.05) is 11.3 Å². The molecule has 0 unspecified atom stereocenters. The van der Waals surface area contributed by atoms with E-state index in [-0.39, 0.29) is 12.1 Å². The van der Waals surface area contributed by atoms with E-state index in [0.717, 1.165) is 0 Å². The van der Waals surface area contributed by atoms with Crippen LogP contribution in [0.4, 0.5) is 17.1 Å². The smallest absolute Gasteiger partial charge is 0.248 e. The van der Waals surface area contributed by atoms with Crippen molar-refractivity contribution in [1.29, 1.82) is 0 Å². The van der Waals surface area contributed by atoms with Crippen molar-refractivity contribution in [2.24, 2.45) is 0 Å². The Morgan fingerprint density at radius 2 is 1.48 bits per heavy atom. The lowest BCUT2D eigenvalue weighted by Gasteiger charge is -2.48. The third-order valence-electron chi connectivity index (χ3n) is 8.21. The van der Waals surface area contributed by atoms with Crippen LogP contribution in [0, 0.1) is 6.92 Å². The highest BCUT2D eigenvalue weighted by atomic mass is 32.1. The number of fused-ring (bicyclic) bond motifs is 6. The standard InChI is InChI=1S/C30H22BNS/c1-17-26-18-9-6-15-24-28(18)31(21-12-8-16-25(33-17)27(21)26)22-13-7-11-20-29(22)32(24)23-14-5-4-10-19(23)30(20,2)3/h4-16H,1-3H3. The zero-order chi connectivity index (χ0) is 22.1. The summed E-state index contributed by atoms with van der Waals surface area (Å²) in [7, 11) is 0. The van der Waals surface area contributed by atoms with Gasteiger partial charge in [-0.15, -0.1) is 11.3 Å². The second-order valence-corrected chi connectivity index (χ2v) is 11.4. The quantitative estimate of drug-likeness (QED) is 0.257. The molecule has 0 bridgehead atoms. The summed E-state index contributed by atoms with van der Waals surface area (Å²) in [5.41, 5.74) is 14.1. The Bertz CT molecular complexity index is 1670. The second kappa shape index (κ2) is 5.79. The van der Waals surface area contributed by atoms with E-state index in [9.17, 15) is 0 Å². The third-order valence-corrected chi connectivity index (χ3v) is 9.28. The van der Waals surface area contributed by atoms with Crippen LogP contribution in [0.3, 0.4) is 0 Å². The average Bonchev–Trinajstić information content (AvgIpc) is 3.17. The summed E-state index contributed by atoms with van der Waals surface area (Å²) in [5.74, 6) is 0. The van der Waals surface area contributed by atoms with Gasteiger partial charge in [-0.1, -0.05) is 80.0 Å². The minimum absolute atomic E-state index is 0.0433. The predicted octanol–water partition coefficient (Wildman–Crippen LogP) is 6.13. The fourth-order valence-electron chi connectivity index (χ4n) is 6.87. The van der Waals surface area contributed by atoms with Gasteiger partial charge in [0.2, 0.25) is 6.71 Å². The van der Waals surface area contributed by atoms with Gasteiger partial charge in [0.1, 0.15) is 0 Å². The Morgan fingerprint density at radius 3 is 2.39 bits per heavy atom. The molecule has 0 N–H and O–H groups in total. The molecule has 0 fully saturated rings. The summed E-state index contributed by atoms with van der Waals surface area (Å²) < 4.78 is 1.41. The summed E-state index contributed by atoms with van der Waals surface area (Å²) in [4.78, 5) is 3.98. The van der Waals surface area contributed by atoms with Crippen molar-refractivity contribution in [2.75, 3.05) is 4.90 Å². The third kappa shape index (κ3) is 1.98. The van der Waals surface area contributed by atoms with Gasteiger partial charge in [-0.25, -0.2) is 0 Å². The molecule has 3 heteroatoms. The molecule has 0 amide bonds. The second-order valence-electron chi connectivity index (χ2n) is 10.1. The van der Waals surface area contributed by atoms with E-state index in [1.54, 1.807) is 0 Å². The molecule has 5 aromatic rings. The van der Waals surface area contributed by atoms with E-state index < -0.39 is 0 Å². The normalized spacial score (nSPS) is 15.8. The van der Waals surface area contributed by atoms with Gasteiger partial charge in [-0.3, -0.25) is 0 Å². The minimum atomic E-state index is -0.0433. The van der Waals surface area contributed by atoms with E-state index in [1.165, 1.54) is 70.7 Å². The van der Waals surface area contributed by atoms with Gasteiger partial charge in [-0.2, -0.15) is 0 Å². The summed E-state index contributed by atoms with van der Waals surface area (Å²) in [5, 5.41) is 1.47. The zero-order valence-electron chi connectivity index (χ0n) is 18.9. The number of rotatable bonds is 0. The van der Waals surface area contributed by atoms with Gasteiger partial charge in [0, 0.05) is 31.9 Å². The first-order valence-corrected chi connectivity index (χ1v) is 12.6. The fourth-order valence-corrected chi connectivity index (χ4v) is 7.98. The fraction of sp³-hybridized carbons (Fsp3) is 0.133. The van der Waals surface area contributed by atoms with Gasteiger partial charge < -0.3 is 4.90 Å². The summed E-state index contributed by atoms with van der Waals surface area (Å²) >= 11 is 1.94. The van der Waals surface area contributed by atoms with E-state index in [2.05, 4.69) is 105 Å². The van der Waals surface area contributed by atoms with Crippen LogP contribution < -0.4 is 21.3 Å². The van der Waals surface area contributed by atoms with Crippen LogP contribution in [0.15, 0.2) is 78.9 Å². The summed E-state index contributed by atoms with van der Waals surface area (Å²) in [6.45, 7) is 7.32. The molecular weight excluding hydrogens is 417 g/mol. The molecule has 156 valence electrons. The summed E-state index contributed by atoms with van der Waals surface area (Å²) in [6, 6.07) is 29.9. The van der Waals surface area contributed by atoms with Gasteiger partial charge in [-0.05, 0) is 58.1 Å². The van der Waals surface area contributed by atoms with E-state index in [0.29, 0.717) is 0 Å². The summed E-state index contributed by atoms with van der Waals surface area (Å²) in [6.07, 6.45) is 0. The van der Waals surface area contributed by atoms with Crippen molar-refractivity contribution in [1.82, 2.24) is 0 Å². The van der Waals surface area contributed by atoms with Crippen molar-refractivity contribution in [3.05, 3.63) is 94.9 Å². The lowest BCUT2D eigenvalue weighted by Crippen LogP contribution is -2.60. The minimum Gasteiger partial charge on any atom is -0.311 e. The molecule has 0 aliphatic carbocycles. The molecule has 8 rings (SSSR count). The highest BCUT2D eigenvalue weighted by molar-refractivity contribution is 7.20. The molecular formula is C30H22BNS. The number of benzene rings is 4. The zero-order valence-corrected chi connectivity index (χ0v) is 19.8. The molecule has 0 atom stereocenters. The molecule has 3 aliphatic rings. The van der Waals surface area contributed by atoms with E-state index >= 15 is 0 Å². The Hall–Kier alpha value is -3.30. The number of thiophene rings is 1. The first-order valence-electron chi connectivity index (χ1n) is 11.8. The van der Waals surface area contributed by atoms with Crippen molar-refractivity contribution in [2.45, 2.75) is 26.2 Å².